The van der Waals surface area contributed by atoms with E-state index in [1.807, 2.05) is 33.8 Å². The second-order valence-corrected chi connectivity index (χ2v) is 8.39. The van der Waals surface area contributed by atoms with Gasteiger partial charge in [0.15, 0.2) is 0 Å². The highest BCUT2D eigenvalue weighted by Crippen LogP contribution is 2.22. The van der Waals surface area contributed by atoms with Gasteiger partial charge in [-0.05, 0) is 58.0 Å². The van der Waals surface area contributed by atoms with Crippen LogP contribution in [0.3, 0.4) is 0 Å². The Labute approximate surface area is 186 Å². The number of benzene rings is 1. The summed E-state index contributed by atoms with van der Waals surface area (Å²) in [7, 11) is 2.00. The summed E-state index contributed by atoms with van der Waals surface area (Å²) in [5.74, 6) is 4.17. The molecule has 0 aromatic heterocycles. The van der Waals surface area contributed by atoms with Crippen molar-refractivity contribution < 1.29 is 0 Å². The predicted octanol–water partition coefficient (Wildman–Crippen LogP) is 8.28. The Kier molecular flexibility index (Phi) is 24.1. The normalized spacial score (nSPS) is 13.6. The molecule has 170 valence electrons. The van der Waals surface area contributed by atoms with Crippen molar-refractivity contribution in [3.63, 3.8) is 0 Å². The van der Waals surface area contributed by atoms with E-state index in [4.69, 9.17) is 0 Å². The monoisotopic (exact) mass is 422 g/mol. The van der Waals surface area contributed by atoms with E-state index >= 15 is 0 Å². The van der Waals surface area contributed by atoms with Gasteiger partial charge < -0.3 is 9.62 Å². The molecule has 29 heavy (non-hydrogen) atoms. The van der Waals surface area contributed by atoms with Crippen LogP contribution in [-0.4, -0.2) is 30.9 Å². The maximum Gasteiger partial charge on any atom is 0.0203 e. The Hall–Kier alpha value is -1.06. The zero-order valence-electron chi connectivity index (χ0n) is 20.4. The smallest absolute Gasteiger partial charge is 0.0203 e. The first-order chi connectivity index (χ1) is 14.1. The van der Waals surface area contributed by atoms with Crippen molar-refractivity contribution >= 4 is 16.5 Å². The van der Waals surface area contributed by atoms with Crippen molar-refractivity contribution in [2.45, 2.75) is 97.3 Å². The third-order valence-electron chi connectivity index (χ3n) is 4.46. The molecule has 0 saturated carbocycles. The van der Waals surface area contributed by atoms with E-state index in [-0.39, 0.29) is 10.7 Å². The van der Waals surface area contributed by atoms with Crippen LogP contribution in [0.5, 0.6) is 0 Å². The Balaban J connectivity index is 0. The molecule has 3 heteroatoms. The topological polar surface area (TPSA) is 15.3 Å². The Morgan fingerprint density at radius 3 is 1.93 bits per heavy atom. The van der Waals surface area contributed by atoms with Gasteiger partial charge in [-0.3, -0.25) is 0 Å². The summed E-state index contributed by atoms with van der Waals surface area (Å²) in [4.78, 5) is 3.60. The largest absolute Gasteiger partial charge is 0.336 e. The second kappa shape index (κ2) is 23.2. The zero-order chi connectivity index (χ0) is 22.3. The van der Waals surface area contributed by atoms with Crippen LogP contribution in [0.4, 0.5) is 0 Å². The quantitative estimate of drug-likeness (QED) is 0.301. The van der Waals surface area contributed by atoms with Crippen molar-refractivity contribution in [2.24, 2.45) is 0 Å². The number of likely N-dealkylation sites (tertiary alicyclic amines) is 1. The second-order valence-electron chi connectivity index (χ2n) is 6.94. The molecule has 1 N–H and O–H groups in total. The van der Waals surface area contributed by atoms with Crippen molar-refractivity contribution in [2.75, 3.05) is 20.1 Å². The van der Waals surface area contributed by atoms with Gasteiger partial charge >= 0.3 is 0 Å². The van der Waals surface area contributed by atoms with E-state index in [1.54, 1.807) is 0 Å². The lowest BCUT2D eigenvalue weighted by atomic mass is 10.1. The number of nitrogens with zero attached hydrogens (tertiary/aromatic N) is 1. The van der Waals surface area contributed by atoms with Crippen LogP contribution in [-0.2, 0) is 0 Å². The number of hydrogen-bond donors (Lipinski definition) is 1. The van der Waals surface area contributed by atoms with E-state index in [0.29, 0.717) is 0 Å². The lowest BCUT2D eigenvalue weighted by molar-refractivity contribution is 0.418. The highest BCUT2D eigenvalue weighted by molar-refractivity contribution is 8.12. The minimum Gasteiger partial charge on any atom is -0.336 e. The molecule has 1 aromatic rings. The molecule has 2 nitrogen and oxygen atoms in total. The standard InChI is InChI=1S/C17H27NS.C5H11N.2C2H6/c1-4-5-6-7-8-10-13-16(2)18-19(3)17-14-11-9-12-15-17;1-6-4-2-3-5-6;2*1-2/h9,11-12,14-15,18H,2-8,10,13H2,1H3;2-5H2,1H3;2*1-2H3. The van der Waals surface area contributed by atoms with Gasteiger partial charge in [0.25, 0.3) is 0 Å². The van der Waals surface area contributed by atoms with Crippen LogP contribution < -0.4 is 4.72 Å². The number of unbranched alkanes of at least 4 members (excludes halogenated alkanes) is 5. The van der Waals surface area contributed by atoms with Crippen LogP contribution in [0.15, 0.2) is 47.5 Å². The Bertz CT molecular complexity index is 479. The number of allylic oxidation sites excluding steroid dienone is 1. The van der Waals surface area contributed by atoms with E-state index in [9.17, 15) is 0 Å². The van der Waals surface area contributed by atoms with E-state index in [2.05, 4.69) is 60.3 Å². The molecule has 0 amide bonds. The summed E-state index contributed by atoms with van der Waals surface area (Å²) < 4.78 is 3.42. The summed E-state index contributed by atoms with van der Waals surface area (Å²) in [6, 6.07) is 10.4. The Morgan fingerprint density at radius 2 is 1.45 bits per heavy atom. The molecule has 0 aliphatic carbocycles. The summed E-state index contributed by atoms with van der Waals surface area (Å²) in [6.07, 6.45) is 11.9. The molecule has 0 spiro atoms. The van der Waals surface area contributed by atoms with E-state index < -0.39 is 0 Å². The predicted molar refractivity (Wildman–Crippen MR) is 139 cm³/mol. The lowest BCUT2D eigenvalue weighted by Crippen LogP contribution is -2.10. The minimum atomic E-state index is -0.173. The summed E-state index contributed by atoms with van der Waals surface area (Å²) >= 11 is 0. The van der Waals surface area contributed by atoms with E-state index in [0.717, 1.165) is 12.1 Å². The molecule has 1 aromatic carbocycles. The highest BCUT2D eigenvalue weighted by atomic mass is 32.2. The van der Waals surface area contributed by atoms with Gasteiger partial charge in [-0.25, -0.2) is 0 Å². The SMILES string of the molecule is C=C(CCCCCCCC)NS(=C)c1ccccc1.CC.CC.CN1CCCC1. The third kappa shape index (κ3) is 18.7. The van der Waals surface area contributed by atoms with Crippen LogP contribution >= 0.6 is 10.7 Å². The van der Waals surface area contributed by atoms with Crippen molar-refractivity contribution in [3.8, 4) is 0 Å². The molecule has 1 heterocycles. The van der Waals surface area contributed by atoms with Crippen molar-refractivity contribution in [1.29, 1.82) is 0 Å². The first-order valence-corrected chi connectivity index (χ1v) is 13.2. The van der Waals surface area contributed by atoms with Crippen LogP contribution in [0.2, 0.25) is 0 Å². The van der Waals surface area contributed by atoms with Gasteiger partial charge in [0.1, 0.15) is 0 Å². The van der Waals surface area contributed by atoms with Crippen molar-refractivity contribution in [1.82, 2.24) is 9.62 Å². The van der Waals surface area contributed by atoms with Gasteiger partial charge in [0.05, 0.1) is 0 Å². The van der Waals surface area contributed by atoms with Crippen LogP contribution in [0.25, 0.3) is 0 Å². The molecule has 1 unspecified atom stereocenters. The fourth-order valence-electron chi connectivity index (χ4n) is 2.86. The summed E-state index contributed by atoms with van der Waals surface area (Å²) in [5, 5.41) is 0. The molecular formula is C26H50N2S. The molecule has 1 aliphatic rings. The fraction of sp³-hybridized carbons (Fsp3) is 0.654. The van der Waals surface area contributed by atoms with Gasteiger partial charge in [-0.2, -0.15) is 0 Å². The average Bonchev–Trinajstić information content (AvgIpc) is 3.25. The molecule has 1 atom stereocenters. The third-order valence-corrected chi connectivity index (χ3v) is 5.83. The summed E-state index contributed by atoms with van der Waals surface area (Å²) in [5.41, 5.74) is 1.12. The highest BCUT2D eigenvalue weighted by Gasteiger charge is 2.03. The summed E-state index contributed by atoms with van der Waals surface area (Å²) in [6.45, 7) is 17.0. The molecular weight excluding hydrogens is 372 g/mol. The molecule has 2 rings (SSSR count). The first kappa shape index (κ1) is 30.1. The molecule has 1 saturated heterocycles. The number of hydrogen-bond acceptors (Lipinski definition) is 2. The maximum atomic E-state index is 4.17. The number of nitrogens with one attached hydrogen (secondary N) is 1. The van der Waals surface area contributed by atoms with Gasteiger partial charge in [0, 0.05) is 10.6 Å². The zero-order valence-corrected chi connectivity index (χ0v) is 21.3. The van der Waals surface area contributed by atoms with Gasteiger partial charge in [0.2, 0.25) is 0 Å². The van der Waals surface area contributed by atoms with Crippen LogP contribution in [0.1, 0.15) is 92.4 Å². The molecule has 0 bridgehead atoms. The number of rotatable bonds is 10. The maximum absolute atomic E-state index is 4.17. The minimum absolute atomic E-state index is 0.173. The average molecular weight is 423 g/mol. The molecule has 1 aliphatic heterocycles. The lowest BCUT2D eigenvalue weighted by Gasteiger charge is -2.13. The van der Waals surface area contributed by atoms with Gasteiger partial charge in [-0.1, -0.05) is 108 Å². The first-order valence-electron chi connectivity index (χ1n) is 11.9. The van der Waals surface area contributed by atoms with Gasteiger partial charge in [-0.15, -0.1) is 0 Å². The van der Waals surface area contributed by atoms with E-state index in [1.165, 1.54) is 69.4 Å². The van der Waals surface area contributed by atoms with Crippen molar-refractivity contribution in [3.05, 3.63) is 42.6 Å². The molecule has 1 fully saturated rings. The Morgan fingerprint density at radius 1 is 0.931 bits per heavy atom. The molecule has 0 radical (unpaired) electrons. The van der Waals surface area contributed by atoms with Crippen LogP contribution in [0, 0.1) is 0 Å². The fourth-order valence-corrected chi connectivity index (χ4v) is 3.92.